The van der Waals surface area contributed by atoms with E-state index in [-0.39, 0.29) is 5.56 Å². The van der Waals surface area contributed by atoms with Gasteiger partial charge in [0, 0.05) is 31.7 Å². The number of likely N-dealkylation sites (N-methyl/N-ethyl adjacent to an activating group) is 1. The zero-order chi connectivity index (χ0) is 24.4. The van der Waals surface area contributed by atoms with Crippen LogP contribution in [0.15, 0.2) is 59.5 Å². The zero-order valence-electron chi connectivity index (χ0n) is 20.1. The van der Waals surface area contributed by atoms with Gasteiger partial charge < -0.3 is 19.3 Å². The van der Waals surface area contributed by atoms with E-state index in [9.17, 15) is 4.79 Å². The number of hydrogen-bond acceptors (Lipinski definition) is 8. The van der Waals surface area contributed by atoms with Gasteiger partial charge in [0.25, 0.3) is 5.56 Å². The maximum atomic E-state index is 13.8. The highest BCUT2D eigenvalue weighted by Gasteiger charge is 2.20. The summed E-state index contributed by atoms with van der Waals surface area (Å²) in [6.45, 7) is 3.87. The molecular weight excluding hydrogens is 444 g/mol. The van der Waals surface area contributed by atoms with Crippen LogP contribution in [0.2, 0.25) is 0 Å². The van der Waals surface area contributed by atoms with Crippen molar-refractivity contribution >= 4 is 17.1 Å². The highest BCUT2D eigenvalue weighted by molar-refractivity contribution is 5.75. The van der Waals surface area contributed by atoms with Crippen LogP contribution in [0, 0.1) is 0 Å². The van der Waals surface area contributed by atoms with Crippen molar-refractivity contribution in [3.8, 4) is 22.8 Å². The van der Waals surface area contributed by atoms with Gasteiger partial charge in [-0.15, -0.1) is 0 Å². The van der Waals surface area contributed by atoms with E-state index in [2.05, 4.69) is 26.8 Å². The Kier molecular flexibility index (Phi) is 6.33. The van der Waals surface area contributed by atoms with Gasteiger partial charge in [-0.25, -0.2) is 9.97 Å². The van der Waals surface area contributed by atoms with E-state index in [0.29, 0.717) is 40.7 Å². The molecule has 0 bridgehead atoms. The summed E-state index contributed by atoms with van der Waals surface area (Å²) in [7, 11) is 5.35. The number of hydrogen-bond donors (Lipinski definition) is 0. The second-order valence-electron chi connectivity index (χ2n) is 8.60. The monoisotopic (exact) mass is 472 g/mol. The molecule has 2 aromatic carbocycles. The molecule has 0 atom stereocenters. The normalized spacial score (nSPS) is 14.3. The Balaban J connectivity index is 1.65. The Morgan fingerprint density at radius 2 is 1.66 bits per heavy atom. The molecule has 1 fully saturated rings. The summed E-state index contributed by atoms with van der Waals surface area (Å²) in [5, 5.41) is 0. The first-order chi connectivity index (χ1) is 17.1. The Morgan fingerprint density at radius 1 is 0.914 bits per heavy atom. The van der Waals surface area contributed by atoms with Crippen LogP contribution < -0.4 is 19.9 Å². The Morgan fingerprint density at radius 3 is 2.37 bits per heavy atom. The minimum absolute atomic E-state index is 0.214. The van der Waals surface area contributed by atoms with Crippen molar-refractivity contribution in [2.75, 3.05) is 52.3 Å². The lowest BCUT2D eigenvalue weighted by molar-refractivity contribution is 0.311. The number of anilines is 1. The molecule has 0 N–H and O–H groups in total. The van der Waals surface area contributed by atoms with Crippen molar-refractivity contribution in [3.05, 3.63) is 70.6 Å². The number of piperazine rings is 1. The summed E-state index contributed by atoms with van der Waals surface area (Å²) in [5.74, 6) is 2.06. The first-order valence-corrected chi connectivity index (χ1v) is 11.5. The summed E-state index contributed by atoms with van der Waals surface area (Å²) >= 11 is 0. The molecule has 0 radical (unpaired) electrons. The maximum Gasteiger partial charge on any atom is 0.279 e. The summed E-state index contributed by atoms with van der Waals surface area (Å²) in [5.41, 5.74) is 2.85. The number of ether oxygens (including phenoxy) is 2. The number of methoxy groups -OCH3 is 2. The summed E-state index contributed by atoms with van der Waals surface area (Å²) < 4.78 is 12.3. The van der Waals surface area contributed by atoms with Crippen molar-refractivity contribution in [3.63, 3.8) is 0 Å². The van der Waals surface area contributed by atoms with Crippen LogP contribution >= 0.6 is 0 Å². The van der Waals surface area contributed by atoms with Crippen LogP contribution in [0.4, 0.5) is 5.95 Å². The lowest BCUT2D eigenvalue weighted by Crippen LogP contribution is -2.45. The Labute approximate surface area is 203 Å². The predicted octanol–water partition coefficient (Wildman–Crippen LogP) is 2.67. The van der Waals surface area contributed by atoms with Crippen molar-refractivity contribution < 1.29 is 9.47 Å². The molecule has 5 rings (SSSR count). The lowest BCUT2D eigenvalue weighted by Gasteiger charge is -2.32. The smallest absolute Gasteiger partial charge is 0.279 e. The van der Waals surface area contributed by atoms with Crippen LogP contribution in [-0.4, -0.2) is 71.9 Å². The number of aromatic nitrogens is 4. The third kappa shape index (κ3) is 4.67. The average Bonchev–Trinajstić information content (AvgIpc) is 2.90. The topological polar surface area (TPSA) is 85.6 Å². The third-order valence-electron chi connectivity index (χ3n) is 6.30. The molecule has 0 amide bonds. The van der Waals surface area contributed by atoms with Gasteiger partial charge in [-0.1, -0.05) is 12.1 Å². The number of benzene rings is 2. The molecule has 2 aromatic heterocycles. The molecule has 3 heterocycles. The first kappa shape index (κ1) is 22.8. The molecule has 9 nitrogen and oxygen atoms in total. The van der Waals surface area contributed by atoms with E-state index in [1.54, 1.807) is 25.0 Å². The van der Waals surface area contributed by atoms with Gasteiger partial charge in [-0.3, -0.25) is 9.36 Å². The zero-order valence-corrected chi connectivity index (χ0v) is 20.1. The van der Waals surface area contributed by atoms with Crippen LogP contribution in [0.3, 0.4) is 0 Å². The van der Waals surface area contributed by atoms with Crippen LogP contribution in [0.1, 0.15) is 5.56 Å². The van der Waals surface area contributed by atoms with E-state index in [1.807, 2.05) is 48.5 Å². The molecular formula is C26H28N6O3. The van der Waals surface area contributed by atoms with E-state index in [4.69, 9.17) is 14.5 Å². The molecule has 180 valence electrons. The second-order valence-corrected chi connectivity index (χ2v) is 8.60. The molecule has 0 unspecified atom stereocenters. The standard InChI is InChI=1S/C26H28N6O3/c1-30-11-13-31(14-12-30)26-27-16-22-24(29-26)32(17-18-5-4-6-21(15-18)35-3)25(33)23(28-22)19-7-9-20(34-2)10-8-19/h4-10,15-16H,11-14,17H2,1-3H3. The van der Waals surface area contributed by atoms with Gasteiger partial charge in [0.1, 0.15) is 22.7 Å². The highest BCUT2D eigenvalue weighted by atomic mass is 16.5. The van der Waals surface area contributed by atoms with Crippen molar-refractivity contribution in [1.82, 2.24) is 24.4 Å². The third-order valence-corrected chi connectivity index (χ3v) is 6.30. The van der Waals surface area contributed by atoms with Gasteiger partial charge >= 0.3 is 0 Å². The number of rotatable bonds is 6. The first-order valence-electron chi connectivity index (χ1n) is 11.5. The van der Waals surface area contributed by atoms with Crippen LogP contribution in [0.25, 0.3) is 22.4 Å². The molecule has 1 saturated heterocycles. The fraction of sp³-hybridized carbons (Fsp3) is 0.308. The summed E-state index contributed by atoms with van der Waals surface area (Å²) in [4.78, 5) is 32.3. The number of fused-ring (bicyclic) bond motifs is 1. The van der Waals surface area contributed by atoms with Gasteiger partial charge in [-0.05, 0) is 49.0 Å². The lowest BCUT2D eigenvalue weighted by atomic mass is 10.1. The SMILES string of the molecule is COc1ccc(-c2nc3cnc(N4CCN(C)CC4)nc3n(Cc3cccc(OC)c3)c2=O)cc1. The summed E-state index contributed by atoms with van der Waals surface area (Å²) in [6, 6.07) is 15.0. The minimum Gasteiger partial charge on any atom is -0.497 e. The maximum absolute atomic E-state index is 13.8. The van der Waals surface area contributed by atoms with E-state index >= 15 is 0 Å². The average molecular weight is 473 g/mol. The molecule has 1 aliphatic heterocycles. The second kappa shape index (κ2) is 9.71. The van der Waals surface area contributed by atoms with Crippen molar-refractivity contribution in [2.24, 2.45) is 0 Å². The minimum atomic E-state index is -0.214. The molecule has 0 saturated carbocycles. The molecule has 0 spiro atoms. The quantitative estimate of drug-likeness (QED) is 0.424. The predicted molar refractivity (Wildman–Crippen MR) is 135 cm³/mol. The summed E-state index contributed by atoms with van der Waals surface area (Å²) in [6.07, 6.45) is 1.71. The van der Waals surface area contributed by atoms with Crippen LogP contribution in [0.5, 0.6) is 11.5 Å². The molecule has 35 heavy (non-hydrogen) atoms. The molecule has 1 aliphatic rings. The van der Waals surface area contributed by atoms with E-state index in [1.165, 1.54) is 0 Å². The molecule has 9 heteroatoms. The van der Waals surface area contributed by atoms with Gasteiger partial charge in [0.2, 0.25) is 5.95 Å². The molecule has 0 aliphatic carbocycles. The van der Waals surface area contributed by atoms with Crippen molar-refractivity contribution in [2.45, 2.75) is 6.54 Å². The largest absolute Gasteiger partial charge is 0.497 e. The van der Waals surface area contributed by atoms with Crippen LogP contribution in [-0.2, 0) is 6.54 Å². The fourth-order valence-corrected chi connectivity index (χ4v) is 4.22. The molecule has 4 aromatic rings. The van der Waals surface area contributed by atoms with Crippen molar-refractivity contribution in [1.29, 1.82) is 0 Å². The number of nitrogens with zero attached hydrogens (tertiary/aromatic N) is 6. The van der Waals surface area contributed by atoms with Gasteiger partial charge in [0.05, 0.1) is 27.0 Å². The highest BCUT2D eigenvalue weighted by Crippen LogP contribution is 2.22. The Hall–Kier alpha value is -3.98. The fourth-order valence-electron chi connectivity index (χ4n) is 4.22. The van der Waals surface area contributed by atoms with E-state index in [0.717, 1.165) is 37.5 Å². The van der Waals surface area contributed by atoms with Gasteiger partial charge in [0.15, 0.2) is 5.65 Å². The Bertz CT molecular complexity index is 1390. The van der Waals surface area contributed by atoms with Gasteiger partial charge in [-0.2, -0.15) is 4.98 Å². The van der Waals surface area contributed by atoms with E-state index < -0.39 is 0 Å².